The predicted molar refractivity (Wildman–Crippen MR) is 87.0 cm³/mol. The van der Waals surface area contributed by atoms with Crippen molar-refractivity contribution in [2.45, 2.75) is 6.92 Å². The van der Waals surface area contributed by atoms with Crippen molar-refractivity contribution >= 4 is 18.4 Å². The van der Waals surface area contributed by atoms with E-state index in [0.29, 0.717) is 10.6 Å². The van der Waals surface area contributed by atoms with Crippen LogP contribution in [0.5, 0.6) is 0 Å². The first kappa shape index (κ1) is 13.5. The van der Waals surface area contributed by atoms with Gasteiger partial charge in [0, 0.05) is 5.56 Å². The van der Waals surface area contributed by atoms with Gasteiger partial charge in [-0.05, 0) is 30.3 Å². The molecule has 3 aromatic rings. The molecule has 3 rings (SSSR count). The molecule has 0 aliphatic heterocycles. The molecule has 0 saturated heterocycles. The Hall–Kier alpha value is -2.53. The van der Waals surface area contributed by atoms with Crippen LogP contribution in [0.25, 0.3) is 11.4 Å². The Morgan fingerprint density at radius 3 is 2.57 bits per heavy atom. The highest BCUT2D eigenvalue weighted by Gasteiger charge is 2.07. The van der Waals surface area contributed by atoms with Gasteiger partial charge in [0.25, 0.3) is 0 Å². The highest BCUT2D eigenvalue weighted by molar-refractivity contribution is 7.71. The maximum Gasteiger partial charge on any atom is 0.216 e. The number of aryl methyl sites for hydroxylation is 1. The van der Waals surface area contributed by atoms with E-state index in [2.05, 4.69) is 15.3 Å². The minimum atomic E-state index is 0.471. The molecule has 104 valence electrons. The summed E-state index contributed by atoms with van der Waals surface area (Å²) >= 11 is 5.25. The topological polar surface area (TPSA) is 46.0 Å². The first-order valence-corrected chi connectivity index (χ1v) is 6.99. The maximum atomic E-state index is 5.25. The van der Waals surface area contributed by atoms with Gasteiger partial charge in [-0.2, -0.15) is 14.9 Å². The number of nitrogens with one attached hydrogen (secondary N) is 1. The molecule has 0 aliphatic rings. The molecule has 0 aliphatic carbocycles. The largest absolute Gasteiger partial charge is 0.250 e. The smallest absolute Gasteiger partial charge is 0.216 e. The lowest BCUT2D eigenvalue weighted by Crippen LogP contribution is -1.95. The van der Waals surface area contributed by atoms with Crippen LogP contribution in [0.1, 0.15) is 11.1 Å². The molecule has 0 bridgehead atoms. The normalized spacial score (nSPS) is 11.1. The maximum absolute atomic E-state index is 5.25. The Balaban J connectivity index is 2.02. The first-order valence-electron chi connectivity index (χ1n) is 6.58. The van der Waals surface area contributed by atoms with Crippen LogP contribution in [0.15, 0.2) is 59.7 Å². The van der Waals surface area contributed by atoms with Gasteiger partial charge in [-0.3, -0.25) is 0 Å². The lowest BCUT2D eigenvalue weighted by atomic mass is 10.1. The molecule has 21 heavy (non-hydrogen) atoms. The van der Waals surface area contributed by atoms with E-state index in [4.69, 9.17) is 12.2 Å². The zero-order valence-corrected chi connectivity index (χ0v) is 12.3. The third-order valence-electron chi connectivity index (χ3n) is 3.18. The summed E-state index contributed by atoms with van der Waals surface area (Å²) in [5, 5.41) is 11.5. The quantitative estimate of drug-likeness (QED) is 0.590. The van der Waals surface area contributed by atoms with Crippen molar-refractivity contribution in [2.75, 3.05) is 0 Å². The SMILES string of the molecule is Cc1ccccc1/C=N/n1c(-c2ccccc2)n[nH]c1=S. The average Bonchev–Trinajstić information content (AvgIpc) is 2.88. The fourth-order valence-electron chi connectivity index (χ4n) is 2.02. The second-order valence-electron chi connectivity index (χ2n) is 4.63. The van der Waals surface area contributed by atoms with Gasteiger partial charge >= 0.3 is 0 Å². The third kappa shape index (κ3) is 2.83. The van der Waals surface area contributed by atoms with E-state index in [0.717, 1.165) is 16.7 Å². The van der Waals surface area contributed by atoms with Crippen molar-refractivity contribution < 1.29 is 0 Å². The molecule has 1 aromatic heterocycles. The number of hydrogen-bond acceptors (Lipinski definition) is 3. The van der Waals surface area contributed by atoms with E-state index in [-0.39, 0.29) is 0 Å². The Morgan fingerprint density at radius 1 is 1.10 bits per heavy atom. The summed E-state index contributed by atoms with van der Waals surface area (Å²) in [5.74, 6) is 0.699. The summed E-state index contributed by atoms with van der Waals surface area (Å²) in [4.78, 5) is 0. The molecular formula is C16H14N4S. The molecule has 1 N–H and O–H groups in total. The molecule has 0 amide bonds. The van der Waals surface area contributed by atoms with Crippen LogP contribution in [-0.4, -0.2) is 21.1 Å². The van der Waals surface area contributed by atoms with Crippen LogP contribution >= 0.6 is 12.2 Å². The van der Waals surface area contributed by atoms with Crippen molar-refractivity contribution in [1.82, 2.24) is 14.9 Å². The lowest BCUT2D eigenvalue weighted by molar-refractivity contribution is 0.871. The molecule has 0 unspecified atom stereocenters. The number of aromatic amines is 1. The minimum absolute atomic E-state index is 0.471. The van der Waals surface area contributed by atoms with Gasteiger partial charge in [-0.1, -0.05) is 54.6 Å². The van der Waals surface area contributed by atoms with Crippen molar-refractivity contribution in [3.63, 3.8) is 0 Å². The highest BCUT2D eigenvalue weighted by Crippen LogP contribution is 2.16. The van der Waals surface area contributed by atoms with E-state index in [9.17, 15) is 0 Å². The summed E-state index contributed by atoms with van der Waals surface area (Å²) in [5.41, 5.74) is 3.18. The Kier molecular flexibility index (Phi) is 3.75. The molecule has 0 saturated carbocycles. The lowest BCUT2D eigenvalue weighted by Gasteiger charge is -2.01. The van der Waals surface area contributed by atoms with E-state index >= 15 is 0 Å². The fraction of sp³-hybridized carbons (Fsp3) is 0.0625. The number of rotatable bonds is 3. The summed E-state index contributed by atoms with van der Waals surface area (Å²) in [6.45, 7) is 2.05. The van der Waals surface area contributed by atoms with Crippen LogP contribution in [-0.2, 0) is 0 Å². The summed E-state index contributed by atoms with van der Waals surface area (Å²) in [7, 11) is 0. The van der Waals surface area contributed by atoms with Gasteiger partial charge in [0.05, 0.1) is 6.21 Å². The van der Waals surface area contributed by atoms with E-state index in [1.54, 1.807) is 10.9 Å². The van der Waals surface area contributed by atoms with Crippen molar-refractivity contribution in [3.05, 3.63) is 70.5 Å². The second kappa shape index (κ2) is 5.85. The number of benzene rings is 2. The highest BCUT2D eigenvalue weighted by atomic mass is 32.1. The molecule has 0 spiro atoms. The van der Waals surface area contributed by atoms with Crippen molar-refractivity contribution in [3.8, 4) is 11.4 Å². The Bertz CT molecular complexity index is 831. The van der Waals surface area contributed by atoms with E-state index < -0.39 is 0 Å². The van der Waals surface area contributed by atoms with Crippen molar-refractivity contribution in [2.24, 2.45) is 5.10 Å². The Labute approximate surface area is 127 Å². The predicted octanol–water partition coefficient (Wildman–Crippen LogP) is 3.80. The molecule has 0 fully saturated rings. The molecular weight excluding hydrogens is 280 g/mol. The van der Waals surface area contributed by atoms with Gasteiger partial charge < -0.3 is 0 Å². The van der Waals surface area contributed by atoms with E-state index in [1.165, 1.54) is 0 Å². The molecule has 2 aromatic carbocycles. The zero-order valence-electron chi connectivity index (χ0n) is 11.5. The fourth-order valence-corrected chi connectivity index (χ4v) is 2.20. The molecule has 0 radical (unpaired) electrons. The van der Waals surface area contributed by atoms with Gasteiger partial charge in [0.1, 0.15) is 0 Å². The molecule has 4 nitrogen and oxygen atoms in total. The van der Waals surface area contributed by atoms with E-state index in [1.807, 2.05) is 61.5 Å². The third-order valence-corrected chi connectivity index (χ3v) is 3.45. The molecule has 5 heteroatoms. The summed E-state index contributed by atoms with van der Waals surface area (Å²) < 4.78 is 2.11. The van der Waals surface area contributed by atoms with Gasteiger partial charge in [0.2, 0.25) is 4.77 Å². The number of nitrogens with zero attached hydrogens (tertiary/aromatic N) is 3. The van der Waals surface area contributed by atoms with Gasteiger partial charge in [0.15, 0.2) is 5.82 Å². The number of H-pyrrole nitrogens is 1. The summed E-state index contributed by atoms with van der Waals surface area (Å²) in [6.07, 6.45) is 1.80. The van der Waals surface area contributed by atoms with Gasteiger partial charge in [-0.25, -0.2) is 5.10 Å². The monoisotopic (exact) mass is 294 g/mol. The molecule has 1 heterocycles. The number of aromatic nitrogens is 3. The zero-order chi connectivity index (χ0) is 14.7. The standard InChI is InChI=1S/C16H14N4S/c1-12-7-5-6-10-14(12)11-17-20-15(18-19-16(20)21)13-8-3-2-4-9-13/h2-11H,1H3,(H,19,21)/b17-11+. The first-order chi connectivity index (χ1) is 10.3. The minimum Gasteiger partial charge on any atom is -0.250 e. The average molecular weight is 294 g/mol. The molecule has 0 atom stereocenters. The van der Waals surface area contributed by atoms with Crippen LogP contribution in [0, 0.1) is 11.7 Å². The van der Waals surface area contributed by atoms with Crippen LogP contribution in [0.2, 0.25) is 0 Å². The van der Waals surface area contributed by atoms with Gasteiger partial charge in [-0.15, -0.1) is 0 Å². The van der Waals surface area contributed by atoms with Crippen molar-refractivity contribution in [1.29, 1.82) is 0 Å². The van der Waals surface area contributed by atoms with Crippen LogP contribution < -0.4 is 0 Å². The number of hydrogen-bond donors (Lipinski definition) is 1. The Morgan fingerprint density at radius 2 is 1.81 bits per heavy atom. The van der Waals surface area contributed by atoms with Crippen LogP contribution in [0.3, 0.4) is 0 Å². The summed E-state index contributed by atoms with van der Waals surface area (Å²) in [6, 6.07) is 17.9. The van der Waals surface area contributed by atoms with Crippen LogP contribution in [0.4, 0.5) is 0 Å². The second-order valence-corrected chi connectivity index (χ2v) is 5.02.